The zero-order valence-electron chi connectivity index (χ0n) is 10.6. The highest BCUT2D eigenvalue weighted by Crippen LogP contribution is 2.35. The van der Waals surface area contributed by atoms with Gasteiger partial charge in [-0.15, -0.1) is 0 Å². The van der Waals surface area contributed by atoms with E-state index in [1.165, 1.54) is 7.11 Å². The van der Waals surface area contributed by atoms with E-state index in [4.69, 9.17) is 17.0 Å². The van der Waals surface area contributed by atoms with Crippen LogP contribution in [0.4, 0.5) is 0 Å². The molecular weight excluding hydrogens is 252 g/mol. The number of nitrogens with one attached hydrogen (secondary N) is 2. The molecule has 100 valence electrons. The number of rotatable bonds is 6. The Balaban J connectivity index is 1.87. The van der Waals surface area contributed by atoms with Crippen molar-refractivity contribution in [3.8, 4) is 0 Å². The van der Waals surface area contributed by atoms with Crippen molar-refractivity contribution in [2.45, 2.75) is 38.3 Å². The summed E-state index contributed by atoms with van der Waals surface area (Å²) in [6.07, 6.45) is 2.57. The molecule has 1 aliphatic rings. The van der Waals surface area contributed by atoms with E-state index in [1.807, 2.05) is 0 Å². The molecule has 1 aromatic rings. The molecule has 7 heteroatoms. The number of nitrogens with zero attached hydrogens (tertiary/aromatic N) is 2. The van der Waals surface area contributed by atoms with Crippen LogP contribution in [0.25, 0.3) is 0 Å². The second-order valence-corrected chi connectivity index (χ2v) is 4.85. The van der Waals surface area contributed by atoms with Crippen LogP contribution in [0.5, 0.6) is 0 Å². The van der Waals surface area contributed by atoms with Crippen LogP contribution >= 0.6 is 12.2 Å². The fourth-order valence-electron chi connectivity index (χ4n) is 1.77. The second-order valence-electron chi connectivity index (χ2n) is 4.47. The van der Waals surface area contributed by atoms with Gasteiger partial charge in [0.2, 0.25) is 5.91 Å². The van der Waals surface area contributed by atoms with Gasteiger partial charge in [0.1, 0.15) is 11.9 Å². The number of aromatic amines is 1. The molecule has 0 aliphatic heterocycles. The first-order valence-electron chi connectivity index (χ1n) is 6.09. The maximum atomic E-state index is 11.5. The van der Waals surface area contributed by atoms with Gasteiger partial charge in [0.25, 0.3) is 0 Å². The van der Waals surface area contributed by atoms with Gasteiger partial charge in [-0.25, -0.2) is 0 Å². The molecule has 0 bridgehead atoms. The number of H-pyrrole nitrogens is 1. The van der Waals surface area contributed by atoms with Gasteiger partial charge in [0.05, 0.1) is 0 Å². The molecule has 1 aromatic heterocycles. The van der Waals surface area contributed by atoms with Gasteiger partial charge in [-0.2, -0.15) is 5.10 Å². The molecule has 2 rings (SSSR count). The summed E-state index contributed by atoms with van der Waals surface area (Å²) in [6, 6.07) is 0.500. The normalized spacial score (nSPS) is 16.6. The third kappa shape index (κ3) is 2.97. The number of carbonyl (C=O) groups excluding carboxylic acids is 1. The maximum absolute atomic E-state index is 11.5. The summed E-state index contributed by atoms with van der Waals surface area (Å²) >= 11 is 5.19. The van der Waals surface area contributed by atoms with E-state index in [1.54, 1.807) is 6.92 Å². The van der Waals surface area contributed by atoms with Gasteiger partial charge in [-0.1, -0.05) is 0 Å². The zero-order valence-corrected chi connectivity index (χ0v) is 11.4. The van der Waals surface area contributed by atoms with Gasteiger partial charge in [-0.05, 0) is 32.0 Å². The average Bonchev–Trinajstić information content (AvgIpc) is 3.13. The Morgan fingerprint density at radius 3 is 3.06 bits per heavy atom. The molecular formula is C11H18N4O2S. The lowest BCUT2D eigenvalue weighted by molar-refractivity contribution is -0.129. The van der Waals surface area contributed by atoms with Crippen molar-refractivity contribution >= 4 is 18.1 Å². The molecule has 1 atom stereocenters. The predicted octanol–water partition coefficient (Wildman–Crippen LogP) is 0.969. The van der Waals surface area contributed by atoms with Gasteiger partial charge in [0, 0.05) is 26.1 Å². The van der Waals surface area contributed by atoms with Gasteiger partial charge in [0.15, 0.2) is 4.77 Å². The van der Waals surface area contributed by atoms with Crippen molar-refractivity contribution in [1.29, 1.82) is 0 Å². The molecule has 1 aliphatic carbocycles. The van der Waals surface area contributed by atoms with Crippen LogP contribution in [0.15, 0.2) is 0 Å². The number of methoxy groups -OCH3 is 1. The number of ether oxygens (including phenoxy) is 1. The Bertz CT molecular complexity index is 478. The van der Waals surface area contributed by atoms with Crippen LogP contribution in [0.3, 0.4) is 0 Å². The average molecular weight is 270 g/mol. The number of carbonyl (C=O) groups is 1. The maximum Gasteiger partial charge on any atom is 0.248 e. The van der Waals surface area contributed by atoms with Crippen LogP contribution < -0.4 is 5.32 Å². The van der Waals surface area contributed by atoms with E-state index in [2.05, 4.69) is 20.1 Å². The van der Waals surface area contributed by atoms with Gasteiger partial charge >= 0.3 is 0 Å². The molecule has 0 saturated heterocycles. The van der Waals surface area contributed by atoms with E-state index >= 15 is 0 Å². The van der Waals surface area contributed by atoms with Crippen molar-refractivity contribution in [1.82, 2.24) is 20.1 Å². The van der Waals surface area contributed by atoms with E-state index in [9.17, 15) is 4.79 Å². The van der Waals surface area contributed by atoms with Crippen molar-refractivity contribution in [3.63, 3.8) is 0 Å². The highest BCUT2D eigenvalue weighted by molar-refractivity contribution is 7.71. The molecule has 6 nitrogen and oxygen atoms in total. The minimum Gasteiger partial charge on any atom is -0.372 e. The van der Waals surface area contributed by atoms with E-state index in [0.717, 1.165) is 18.7 Å². The molecule has 0 radical (unpaired) electrons. The van der Waals surface area contributed by atoms with Crippen LogP contribution in [0, 0.1) is 4.77 Å². The number of hydrogen-bond acceptors (Lipinski definition) is 4. The molecule has 1 saturated carbocycles. The number of aromatic nitrogens is 3. The zero-order chi connectivity index (χ0) is 13.1. The Hall–Kier alpha value is -1.21. The predicted molar refractivity (Wildman–Crippen MR) is 68.9 cm³/mol. The number of amides is 1. The largest absolute Gasteiger partial charge is 0.372 e. The molecule has 0 spiro atoms. The molecule has 18 heavy (non-hydrogen) atoms. The minimum absolute atomic E-state index is 0.107. The topological polar surface area (TPSA) is 71.9 Å². The summed E-state index contributed by atoms with van der Waals surface area (Å²) in [7, 11) is 1.52. The van der Waals surface area contributed by atoms with Crippen molar-refractivity contribution in [3.05, 3.63) is 10.6 Å². The molecule has 0 unspecified atom stereocenters. The minimum atomic E-state index is -0.422. The smallest absolute Gasteiger partial charge is 0.248 e. The van der Waals surface area contributed by atoms with Crippen molar-refractivity contribution in [2.24, 2.45) is 0 Å². The van der Waals surface area contributed by atoms with Crippen LogP contribution in [0.2, 0.25) is 0 Å². The summed E-state index contributed by atoms with van der Waals surface area (Å²) < 4.78 is 7.66. The quantitative estimate of drug-likeness (QED) is 0.756. The van der Waals surface area contributed by atoms with E-state index < -0.39 is 6.10 Å². The molecule has 1 fully saturated rings. The SMILES string of the molecule is CO[C@H](C)C(=O)NCCc1n[nH]c(=S)n1C1CC1. The third-order valence-electron chi connectivity index (χ3n) is 3.06. The van der Waals surface area contributed by atoms with Crippen LogP contribution in [-0.4, -0.2) is 40.4 Å². The Morgan fingerprint density at radius 2 is 2.44 bits per heavy atom. The third-order valence-corrected chi connectivity index (χ3v) is 3.35. The highest BCUT2D eigenvalue weighted by atomic mass is 32.1. The highest BCUT2D eigenvalue weighted by Gasteiger charge is 2.27. The van der Waals surface area contributed by atoms with Gasteiger partial charge < -0.3 is 14.6 Å². The standard InChI is InChI=1S/C11H18N4O2S/c1-7(17-2)10(16)12-6-5-9-13-14-11(18)15(9)8-3-4-8/h7-8H,3-6H2,1-2H3,(H,12,16)(H,14,18)/t7-/m1/s1. The van der Waals surface area contributed by atoms with Crippen LogP contribution in [-0.2, 0) is 16.0 Å². The van der Waals surface area contributed by atoms with E-state index in [0.29, 0.717) is 23.8 Å². The first-order chi connectivity index (χ1) is 8.63. The van der Waals surface area contributed by atoms with E-state index in [-0.39, 0.29) is 5.91 Å². The summed E-state index contributed by atoms with van der Waals surface area (Å²) in [5.74, 6) is 0.803. The fraction of sp³-hybridized carbons (Fsp3) is 0.727. The Labute approximate surface area is 111 Å². The molecule has 2 N–H and O–H groups in total. The molecule has 0 aromatic carbocycles. The summed E-state index contributed by atoms with van der Waals surface area (Å²) in [5.41, 5.74) is 0. The monoisotopic (exact) mass is 270 g/mol. The lowest BCUT2D eigenvalue weighted by atomic mass is 10.3. The van der Waals surface area contributed by atoms with Crippen molar-refractivity contribution in [2.75, 3.05) is 13.7 Å². The molecule has 1 amide bonds. The second kappa shape index (κ2) is 5.62. The van der Waals surface area contributed by atoms with Crippen molar-refractivity contribution < 1.29 is 9.53 Å². The first kappa shape index (κ1) is 13.2. The number of hydrogen-bond donors (Lipinski definition) is 2. The summed E-state index contributed by atoms with van der Waals surface area (Å²) in [5, 5.41) is 9.82. The summed E-state index contributed by atoms with van der Waals surface area (Å²) in [4.78, 5) is 11.5. The Kier molecular flexibility index (Phi) is 4.13. The fourth-order valence-corrected chi connectivity index (χ4v) is 2.07. The molecule has 1 heterocycles. The lowest BCUT2D eigenvalue weighted by Gasteiger charge is -2.10. The van der Waals surface area contributed by atoms with Gasteiger partial charge in [-0.3, -0.25) is 9.89 Å². The van der Waals surface area contributed by atoms with Crippen LogP contribution in [0.1, 0.15) is 31.6 Å². The first-order valence-corrected chi connectivity index (χ1v) is 6.50. The Morgan fingerprint density at radius 1 is 1.72 bits per heavy atom. The lowest BCUT2D eigenvalue weighted by Crippen LogP contribution is -2.35. The summed E-state index contributed by atoms with van der Waals surface area (Å²) in [6.45, 7) is 2.26.